The normalized spacial score (nSPS) is 10.4. The fourth-order valence-electron chi connectivity index (χ4n) is 1.49. The summed E-state index contributed by atoms with van der Waals surface area (Å²) in [4.78, 5) is 14.8. The SMILES string of the molecule is Cc1ccc(-c2ncoc2C(=O)O)cc1C. The average Bonchev–Trinajstić information content (AvgIpc) is 2.71. The fourth-order valence-corrected chi connectivity index (χ4v) is 1.49. The van der Waals surface area contributed by atoms with Crippen molar-refractivity contribution in [3.8, 4) is 11.3 Å². The molecule has 0 unspecified atom stereocenters. The lowest BCUT2D eigenvalue weighted by Gasteiger charge is -2.02. The lowest BCUT2D eigenvalue weighted by atomic mass is 10.0. The molecule has 2 aromatic rings. The van der Waals surface area contributed by atoms with Gasteiger partial charge in [-0.05, 0) is 31.0 Å². The molecule has 4 nitrogen and oxygen atoms in total. The summed E-state index contributed by atoms with van der Waals surface area (Å²) in [6.07, 6.45) is 1.15. The van der Waals surface area contributed by atoms with E-state index in [0.717, 1.165) is 23.1 Å². The third-order valence-corrected chi connectivity index (χ3v) is 2.54. The molecule has 1 aromatic carbocycles. The number of hydrogen-bond donors (Lipinski definition) is 1. The van der Waals surface area contributed by atoms with Gasteiger partial charge in [0.25, 0.3) is 0 Å². The van der Waals surface area contributed by atoms with Crippen LogP contribution in [0.15, 0.2) is 29.0 Å². The number of aryl methyl sites for hydroxylation is 2. The van der Waals surface area contributed by atoms with Gasteiger partial charge in [0, 0.05) is 5.56 Å². The molecule has 1 aromatic heterocycles. The van der Waals surface area contributed by atoms with Gasteiger partial charge in [0.05, 0.1) is 0 Å². The van der Waals surface area contributed by atoms with E-state index in [1.54, 1.807) is 0 Å². The largest absolute Gasteiger partial charge is 0.475 e. The van der Waals surface area contributed by atoms with Crippen molar-refractivity contribution in [2.75, 3.05) is 0 Å². The van der Waals surface area contributed by atoms with E-state index < -0.39 is 5.97 Å². The molecule has 0 aliphatic carbocycles. The number of benzene rings is 1. The highest BCUT2D eigenvalue weighted by Gasteiger charge is 2.17. The standard InChI is InChI=1S/C12H11NO3/c1-7-3-4-9(5-8(7)2)10-11(12(14)15)16-6-13-10/h3-6H,1-2H3,(H,14,15). The minimum absolute atomic E-state index is 0.122. The maximum Gasteiger partial charge on any atom is 0.374 e. The number of aromatic nitrogens is 1. The van der Waals surface area contributed by atoms with Crippen molar-refractivity contribution >= 4 is 5.97 Å². The molecule has 0 amide bonds. The van der Waals surface area contributed by atoms with Gasteiger partial charge in [0.2, 0.25) is 5.76 Å². The Hall–Kier alpha value is -2.10. The molecule has 0 saturated carbocycles. The Balaban J connectivity index is 2.54. The summed E-state index contributed by atoms with van der Waals surface area (Å²) >= 11 is 0. The number of nitrogens with zero attached hydrogens (tertiary/aromatic N) is 1. The molecule has 0 bridgehead atoms. The second-order valence-corrected chi connectivity index (χ2v) is 3.63. The second-order valence-electron chi connectivity index (χ2n) is 3.63. The van der Waals surface area contributed by atoms with E-state index in [2.05, 4.69) is 4.98 Å². The first-order valence-electron chi connectivity index (χ1n) is 4.84. The topological polar surface area (TPSA) is 63.3 Å². The molecule has 0 aliphatic heterocycles. The number of carbonyl (C=O) groups is 1. The molecule has 0 aliphatic rings. The molecular formula is C12H11NO3. The summed E-state index contributed by atoms with van der Waals surface area (Å²) in [5.74, 6) is -1.23. The van der Waals surface area contributed by atoms with E-state index in [1.165, 1.54) is 0 Å². The van der Waals surface area contributed by atoms with E-state index in [4.69, 9.17) is 9.52 Å². The van der Waals surface area contributed by atoms with Crippen molar-refractivity contribution in [3.05, 3.63) is 41.5 Å². The van der Waals surface area contributed by atoms with Gasteiger partial charge >= 0.3 is 5.97 Å². The van der Waals surface area contributed by atoms with Crippen LogP contribution >= 0.6 is 0 Å². The first-order chi connectivity index (χ1) is 7.59. The van der Waals surface area contributed by atoms with Crippen molar-refractivity contribution in [3.63, 3.8) is 0 Å². The molecule has 1 heterocycles. The summed E-state index contributed by atoms with van der Waals surface area (Å²) in [6, 6.07) is 5.68. The summed E-state index contributed by atoms with van der Waals surface area (Å²) in [5.41, 5.74) is 3.38. The average molecular weight is 217 g/mol. The van der Waals surface area contributed by atoms with Gasteiger partial charge in [0.1, 0.15) is 5.69 Å². The first kappa shape index (κ1) is 10.4. The lowest BCUT2D eigenvalue weighted by molar-refractivity contribution is 0.0663. The van der Waals surface area contributed by atoms with Crippen LogP contribution < -0.4 is 0 Å². The molecule has 82 valence electrons. The van der Waals surface area contributed by atoms with Gasteiger partial charge in [-0.1, -0.05) is 12.1 Å². The molecule has 0 atom stereocenters. The van der Waals surface area contributed by atoms with Crippen LogP contribution in [0.5, 0.6) is 0 Å². The summed E-state index contributed by atoms with van der Waals surface area (Å²) in [7, 11) is 0. The minimum Gasteiger partial charge on any atom is -0.475 e. The monoisotopic (exact) mass is 217 g/mol. The molecule has 0 saturated heterocycles. The van der Waals surface area contributed by atoms with Crippen molar-refractivity contribution in [2.24, 2.45) is 0 Å². The van der Waals surface area contributed by atoms with Crippen LogP contribution in [-0.2, 0) is 0 Å². The highest BCUT2D eigenvalue weighted by molar-refractivity contribution is 5.91. The van der Waals surface area contributed by atoms with Crippen molar-refractivity contribution < 1.29 is 14.3 Å². The Morgan fingerprint density at radius 3 is 2.69 bits per heavy atom. The smallest absolute Gasteiger partial charge is 0.374 e. The van der Waals surface area contributed by atoms with E-state index in [0.29, 0.717) is 5.69 Å². The van der Waals surface area contributed by atoms with E-state index in [-0.39, 0.29) is 5.76 Å². The number of oxazole rings is 1. The van der Waals surface area contributed by atoms with Crippen LogP contribution in [-0.4, -0.2) is 16.1 Å². The zero-order valence-corrected chi connectivity index (χ0v) is 9.02. The van der Waals surface area contributed by atoms with Crippen LogP contribution in [0.3, 0.4) is 0 Å². The predicted octanol–water partition coefficient (Wildman–Crippen LogP) is 2.66. The Labute approximate surface area is 92.6 Å². The van der Waals surface area contributed by atoms with Crippen LogP contribution in [0.1, 0.15) is 21.7 Å². The summed E-state index contributed by atoms with van der Waals surface area (Å²) < 4.78 is 4.84. The van der Waals surface area contributed by atoms with Gasteiger partial charge < -0.3 is 9.52 Å². The predicted molar refractivity (Wildman–Crippen MR) is 58.4 cm³/mol. The van der Waals surface area contributed by atoms with Gasteiger partial charge in [-0.25, -0.2) is 9.78 Å². The third kappa shape index (κ3) is 1.69. The molecule has 0 fully saturated rings. The van der Waals surface area contributed by atoms with Crippen LogP contribution in [0.25, 0.3) is 11.3 Å². The van der Waals surface area contributed by atoms with Gasteiger partial charge in [-0.2, -0.15) is 0 Å². The highest BCUT2D eigenvalue weighted by atomic mass is 16.4. The maximum absolute atomic E-state index is 10.9. The van der Waals surface area contributed by atoms with E-state index in [1.807, 2.05) is 32.0 Å². The number of hydrogen-bond acceptors (Lipinski definition) is 3. The first-order valence-corrected chi connectivity index (χ1v) is 4.84. The minimum atomic E-state index is -1.11. The summed E-state index contributed by atoms with van der Waals surface area (Å²) in [6.45, 7) is 3.97. The number of carboxylic acid groups (broad SMARTS) is 1. The zero-order chi connectivity index (χ0) is 11.7. The summed E-state index contributed by atoms with van der Waals surface area (Å²) in [5, 5.41) is 8.91. The maximum atomic E-state index is 10.9. The Bertz CT molecular complexity index is 543. The molecule has 4 heteroatoms. The Morgan fingerprint density at radius 1 is 1.31 bits per heavy atom. The van der Waals surface area contributed by atoms with E-state index >= 15 is 0 Å². The van der Waals surface area contributed by atoms with Crippen molar-refractivity contribution in [1.29, 1.82) is 0 Å². The van der Waals surface area contributed by atoms with Gasteiger partial charge in [-0.15, -0.1) is 0 Å². The fraction of sp³-hybridized carbons (Fsp3) is 0.167. The molecule has 2 rings (SSSR count). The molecule has 16 heavy (non-hydrogen) atoms. The van der Waals surface area contributed by atoms with Crippen LogP contribution in [0, 0.1) is 13.8 Å². The van der Waals surface area contributed by atoms with Crippen molar-refractivity contribution in [2.45, 2.75) is 13.8 Å². The van der Waals surface area contributed by atoms with Crippen molar-refractivity contribution in [1.82, 2.24) is 4.98 Å². The molecule has 1 N–H and O–H groups in total. The Morgan fingerprint density at radius 2 is 2.06 bits per heavy atom. The van der Waals surface area contributed by atoms with Gasteiger partial charge in [-0.3, -0.25) is 0 Å². The highest BCUT2D eigenvalue weighted by Crippen LogP contribution is 2.24. The lowest BCUT2D eigenvalue weighted by Crippen LogP contribution is -1.97. The number of aromatic carboxylic acids is 1. The molecular weight excluding hydrogens is 206 g/mol. The quantitative estimate of drug-likeness (QED) is 0.839. The van der Waals surface area contributed by atoms with Crippen LogP contribution in [0.4, 0.5) is 0 Å². The number of carboxylic acids is 1. The van der Waals surface area contributed by atoms with Crippen LogP contribution in [0.2, 0.25) is 0 Å². The van der Waals surface area contributed by atoms with E-state index in [9.17, 15) is 4.79 Å². The third-order valence-electron chi connectivity index (χ3n) is 2.54. The Kier molecular flexibility index (Phi) is 2.48. The zero-order valence-electron chi connectivity index (χ0n) is 9.02. The van der Waals surface area contributed by atoms with Gasteiger partial charge in [0.15, 0.2) is 6.39 Å². The molecule has 0 radical (unpaired) electrons. The number of rotatable bonds is 2. The second kappa shape index (κ2) is 3.81. The molecule has 0 spiro atoms.